The van der Waals surface area contributed by atoms with E-state index >= 15 is 0 Å². The number of nitrogens with one attached hydrogen (secondary N) is 1. The topological polar surface area (TPSA) is 66.5 Å². The zero-order chi connectivity index (χ0) is 25.7. The van der Waals surface area contributed by atoms with Crippen molar-refractivity contribution in [3.8, 4) is 0 Å². The first-order valence-corrected chi connectivity index (χ1v) is 13.4. The Hall–Kier alpha value is -3.32. The third-order valence-corrected chi connectivity index (χ3v) is 7.91. The van der Waals surface area contributed by atoms with E-state index < -0.39 is 28.5 Å². The normalized spacial score (nSPS) is 12.1. The van der Waals surface area contributed by atoms with Crippen LogP contribution in [0.15, 0.2) is 108 Å². The minimum Gasteiger partial charge on any atom is -0.344 e. The Morgan fingerprint density at radius 1 is 0.806 bits per heavy atom. The number of sulfonamides is 1. The van der Waals surface area contributed by atoms with Crippen LogP contribution in [0.2, 0.25) is 10.0 Å². The van der Waals surface area contributed by atoms with Crippen LogP contribution in [0.5, 0.6) is 0 Å². The van der Waals surface area contributed by atoms with Crippen molar-refractivity contribution in [2.45, 2.75) is 17.9 Å². The Morgan fingerprint density at radius 3 is 2.08 bits per heavy atom. The summed E-state index contributed by atoms with van der Waals surface area (Å²) in [5.41, 5.74) is 3.14. The average Bonchev–Trinajstić information content (AvgIpc) is 2.87. The molecule has 0 aliphatic rings. The van der Waals surface area contributed by atoms with Gasteiger partial charge in [-0.15, -0.1) is 0 Å². The van der Waals surface area contributed by atoms with Gasteiger partial charge in [-0.05, 0) is 60.5 Å². The highest BCUT2D eigenvalue weighted by atomic mass is 35.5. The van der Waals surface area contributed by atoms with Crippen LogP contribution >= 0.6 is 23.2 Å². The second-order valence-corrected chi connectivity index (χ2v) is 11.0. The van der Waals surface area contributed by atoms with Crippen LogP contribution in [0.1, 0.15) is 22.7 Å². The predicted octanol–water partition coefficient (Wildman–Crippen LogP) is 6.40. The largest absolute Gasteiger partial charge is 0.344 e. The van der Waals surface area contributed by atoms with Gasteiger partial charge in [0.15, 0.2) is 0 Å². The number of carbonyl (C=O) groups is 1. The molecule has 0 saturated heterocycles. The molecule has 0 heterocycles. The predicted molar refractivity (Wildman–Crippen MR) is 145 cm³/mol. The molecule has 4 aromatic rings. The lowest BCUT2D eigenvalue weighted by atomic mass is 9.98. The van der Waals surface area contributed by atoms with Crippen molar-refractivity contribution in [1.82, 2.24) is 5.32 Å². The zero-order valence-electron chi connectivity index (χ0n) is 19.4. The minimum absolute atomic E-state index is 0.0119. The number of anilines is 1. The molecule has 8 heteroatoms. The van der Waals surface area contributed by atoms with E-state index in [9.17, 15) is 13.2 Å². The number of nitrogens with zero attached hydrogens (tertiary/aromatic N) is 1. The average molecular weight is 539 g/mol. The van der Waals surface area contributed by atoms with E-state index in [-0.39, 0.29) is 10.6 Å². The van der Waals surface area contributed by atoms with Crippen LogP contribution in [0.4, 0.5) is 5.69 Å². The zero-order valence-corrected chi connectivity index (χ0v) is 21.8. The second kappa shape index (κ2) is 11.2. The van der Waals surface area contributed by atoms with Gasteiger partial charge in [0.2, 0.25) is 5.91 Å². The molecule has 0 saturated carbocycles. The molecule has 0 bridgehead atoms. The number of amides is 1. The van der Waals surface area contributed by atoms with Gasteiger partial charge in [0.05, 0.1) is 16.6 Å². The molecule has 0 spiro atoms. The van der Waals surface area contributed by atoms with Gasteiger partial charge < -0.3 is 5.32 Å². The summed E-state index contributed by atoms with van der Waals surface area (Å²) >= 11 is 12.1. The monoisotopic (exact) mass is 538 g/mol. The molecule has 4 rings (SSSR count). The molecule has 0 aromatic heterocycles. The fourth-order valence-corrected chi connectivity index (χ4v) is 5.50. The first-order chi connectivity index (χ1) is 17.2. The Kier molecular flexibility index (Phi) is 7.99. The maximum atomic E-state index is 13.6. The number of hydrogen-bond acceptors (Lipinski definition) is 3. The standard InChI is InChI=1S/C28H24Cl2N2O3S/c1-20-10-12-22(13-11-20)28(21-6-3-2-4-7-21)31-27(33)19-32(25-9-5-8-24(30)18-25)36(34,35)26-16-14-23(29)15-17-26/h2-18,28H,19H2,1H3,(H,31,33)/t28-/m0/s1. The van der Waals surface area contributed by atoms with E-state index in [4.69, 9.17) is 23.2 Å². The molecule has 0 aliphatic heterocycles. The van der Waals surface area contributed by atoms with Crippen molar-refractivity contribution in [3.63, 3.8) is 0 Å². The van der Waals surface area contributed by atoms with Crippen molar-refractivity contribution in [2.75, 3.05) is 10.8 Å². The summed E-state index contributed by atoms with van der Waals surface area (Å²) in [4.78, 5) is 13.4. The van der Waals surface area contributed by atoms with Gasteiger partial charge in [-0.2, -0.15) is 0 Å². The van der Waals surface area contributed by atoms with Gasteiger partial charge in [-0.3, -0.25) is 9.10 Å². The summed E-state index contributed by atoms with van der Waals surface area (Å²) in [6.45, 7) is 1.55. The number of halogens is 2. The lowest BCUT2D eigenvalue weighted by Gasteiger charge is -2.26. The quantitative estimate of drug-likeness (QED) is 0.282. The molecule has 0 fully saturated rings. The van der Waals surface area contributed by atoms with Crippen molar-refractivity contribution in [3.05, 3.63) is 130 Å². The van der Waals surface area contributed by atoms with E-state index in [1.54, 1.807) is 18.2 Å². The molecule has 1 N–H and O–H groups in total. The van der Waals surface area contributed by atoms with Gasteiger partial charge in [-0.1, -0.05) is 89.4 Å². The second-order valence-electron chi connectivity index (χ2n) is 8.27. The Labute approximate surface area is 221 Å². The summed E-state index contributed by atoms with van der Waals surface area (Å²) in [7, 11) is -4.10. The van der Waals surface area contributed by atoms with Crippen LogP contribution in [0.3, 0.4) is 0 Å². The fraction of sp³-hybridized carbons (Fsp3) is 0.107. The molecular formula is C28H24Cl2N2O3S. The van der Waals surface area contributed by atoms with Crippen LogP contribution in [-0.2, 0) is 14.8 Å². The fourth-order valence-electron chi connectivity index (χ4n) is 3.78. The number of benzene rings is 4. The van der Waals surface area contributed by atoms with Crippen LogP contribution < -0.4 is 9.62 Å². The molecular weight excluding hydrogens is 515 g/mol. The van der Waals surface area contributed by atoms with E-state index in [1.165, 1.54) is 30.3 Å². The summed E-state index contributed by atoms with van der Waals surface area (Å²) in [5, 5.41) is 3.78. The van der Waals surface area contributed by atoms with Crippen molar-refractivity contribution in [1.29, 1.82) is 0 Å². The highest BCUT2D eigenvalue weighted by molar-refractivity contribution is 7.92. The molecule has 184 valence electrons. The molecule has 0 unspecified atom stereocenters. The van der Waals surface area contributed by atoms with Crippen molar-refractivity contribution >= 4 is 44.8 Å². The van der Waals surface area contributed by atoms with Gasteiger partial charge in [0.1, 0.15) is 6.54 Å². The number of rotatable bonds is 8. The summed E-state index contributed by atoms with van der Waals surface area (Å²) in [5.74, 6) is -0.470. The highest BCUT2D eigenvalue weighted by Crippen LogP contribution is 2.28. The summed E-state index contributed by atoms with van der Waals surface area (Å²) in [6, 6.07) is 29.1. The third kappa shape index (κ3) is 6.08. The van der Waals surface area contributed by atoms with Crippen LogP contribution in [0, 0.1) is 6.92 Å². The molecule has 36 heavy (non-hydrogen) atoms. The summed E-state index contributed by atoms with van der Waals surface area (Å²) in [6.07, 6.45) is 0. The number of hydrogen-bond donors (Lipinski definition) is 1. The number of aryl methyl sites for hydroxylation is 1. The Morgan fingerprint density at radius 2 is 1.44 bits per heavy atom. The molecule has 1 amide bonds. The maximum Gasteiger partial charge on any atom is 0.264 e. The first-order valence-electron chi connectivity index (χ1n) is 11.2. The Bertz CT molecular complexity index is 1440. The molecule has 1 atom stereocenters. The molecule has 0 radical (unpaired) electrons. The van der Waals surface area contributed by atoms with E-state index in [1.807, 2.05) is 61.5 Å². The molecule has 0 aliphatic carbocycles. The SMILES string of the molecule is Cc1ccc([C@@H](NC(=O)CN(c2cccc(Cl)c2)S(=O)(=O)c2ccc(Cl)cc2)c2ccccc2)cc1. The third-order valence-electron chi connectivity index (χ3n) is 5.63. The summed E-state index contributed by atoms with van der Waals surface area (Å²) < 4.78 is 28.3. The van der Waals surface area contributed by atoms with Gasteiger partial charge in [0, 0.05) is 10.0 Å². The van der Waals surface area contributed by atoms with Crippen molar-refractivity contribution < 1.29 is 13.2 Å². The minimum atomic E-state index is -4.10. The first kappa shape index (κ1) is 25.8. The van der Waals surface area contributed by atoms with Crippen LogP contribution in [-0.4, -0.2) is 20.9 Å². The highest BCUT2D eigenvalue weighted by Gasteiger charge is 2.28. The van der Waals surface area contributed by atoms with Gasteiger partial charge >= 0.3 is 0 Å². The smallest absolute Gasteiger partial charge is 0.264 e. The number of carbonyl (C=O) groups excluding carboxylic acids is 1. The van der Waals surface area contributed by atoms with E-state index in [0.29, 0.717) is 10.0 Å². The lowest BCUT2D eigenvalue weighted by molar-refractivity contribution is -0.120. The maximum absolute atomic E-state index is 13.6. The van der Waals surface area contributed by atoms with Crippen LogP contribution in [0.25, 0.3) is 0 Å². The lowest BCUT2D eigenvalue weighted by Crippen LogP contribution is -2.42. The Balaban J connectivity index is 1.68. The van der Waals surface area contributed by atoms with Gasteiger partial charge in [-0.25, -0.2) is 8.42 Å². The van der Waals surface area contributed by atoms with E-state index in [2.05, 4.69) is 5.32 Å². The molecule has 5 nitrogen and oxygen atoms in total. The van der Waals surface area contributed by atoms with Gasteiger partial charge in [0.25, 0.3) is 10.0 Å². The van der Waals surface area contributed by atoms with Crippen molar-refractivity contribution in [2.24, 2.45) is 0 Å². The molecule has 4 aromatic carbocycles. The van der Waals surface area contributed by atoms with E-state index in [0.717, 1.165) is 21.0 Å².